The topological polar surface area (TPSA) is 104 Å². The van der Waals surface area contributed by atoms with Gasteiger partial charge in [-0.3, -0.25) is 0 Å². The van der Waals surface area contributed by atoms with Gasteiger partial charge in [0.25, 0.3) is 0 Å². The third-order valence-electron chi connectivity index (χ3n) is 4.54. The molecular weight excluding hydrogens is 300 g/mol. The Morgan fingerprint density at radius 2 is 2.04 bits per heavy atom. The summed E-state index contributed by atoms with van der Waals surface area (Å²) in [5, 5.41) is 14.1. The lowest BCUT2D eigenvalue weighted by Gasteiger charge is -2.29. The Kier molecular flexibility index (Phi) is 2.99. The number of nitrogens with two attached hydrogens (primary N) is 1. The van der Waals surface area contributed by atoms with E-state index in [9.17, 15) is 5.11 Å². The largest absolute Gasteiger partial charge is 0.393 e. The first kappa shape index (κ1) is 14.8. The molecule has 2 saturated heterocycles. The van der Waals surface area contributed by atoms with Gasteiger partial charge in [0.2, 0.25) is 0 Å². The summed E-state index contributed by atoms with van der Waals surface area (Å²) in [7, 11) is 0. The monoisotopic (exact) mass is 320 g/mol. The second-order valence-corrected chi connectivity index (χ2v) is 6.73. The molecule has 2 fully saturated rings. The number of nitrogens with zero attached hydrogens (tertiary/aromatic N) is 3. The van der Waals surface area contributed by atoms with E-state index in [2.05, 4.69) is 10.1 Å². The van der Waals surface area contributed by atoms with Gasteiger partial charge in [-0.1, -0.05) is 0 Å². The molecule has 0 aromatic carbocycles. The van der Waals surface area contributed by atoms with Crippen LogP contribution in [0.1, 0.15) is 32.6 Å². The molecule has 3 N–H and O–H groups in total. The molecule has 4 atom stereocenters. The molecule has 8 nitrogen and oxygen atoms in total. The van der Waals surface area contributed by atoms with Crippen molar-refractivity contribution in [2.24, 2.45) is 0 Å². The van der Waals surface area contributed by atoms with Crippen LogP contribution in [-0.4, -0.2) is 49.9 Å². The summed E-state index contributed by atoms with van der Waals surface area (Å²) >= 11 is 0. The van der Waals surface area contributed by atoms with Crippen LogP contribution in [0.25, 0.3) is 5.52 Å². The van der Waals surface area contributed by atoms with E-state index in [1.807, 2.05) is 32.9 Å². The summed E-state index contributed by atoms with van der Waals surface area (Å²) in [5.74, 6) is -0.330. The highest BCUT2D eigenvalue weighted by atomic mass is 16.8. The number of nitrogen functional groups attached to an aromatic ring is 1. The van der Waals surface area contributed by atoms with Crippen LogP contribution >= 0.6 is 0 Å². The zero-order valence-corrected chi connectivity index (χ0v) is 13.3. The van der Waals surface area contributed by atoms with E-state index in [-0.39, 0.29) is 18.8 Å². The van der Waals surface area contributed by atoms with Crippen LogP contribution < -0.4 is 5.73 Å². The number of hydrogen-bond acceptors (Lipinski definition) is 7. The van der Waals surface area contributed by atoms with Gasteiger partial charge in [-0.25, -0.2) is 9.50 Å². The van der Waals surface area contributed by atoms with Crippen molar-refractivity contribution in [3.05, 3.63) is 24.2 Å². The second-order valence-electron chi connectivity index (χ2n) is 6.73. The molecule has 0 spiro atoms. The average molecular weight is 320 g/mol. The SMILES string of the molecule is CC1(C)O[C@H]2[C@H](c3ccc4c(N)ncnn34)O[C@](C)(CO)[C@H]2O1. The summed E-state index contributed by atoms with van der Waals surface area (Å²) in [4.78, 5) is 3.99. The standard InChI is InChI=1S/C15H20N4O4/c1-14(2)21-11-10(22-15(3,6-20)12(11)23-14)8-4-5-9-13(16)17-7-18-19(8)9/h4-5,7,10-12,20H,6H2,1-3H3,(H2,16,17,18)/t10-,11-,12-,15+/m0/s1. The van der Waals surface area contributed by atoms with Gasteiger partial charge in [0.05, 0.1) is 12.3 Å². The van der Waals surface area contributed by atoms with Gasteiger partial charge >= 0.3 is 0 Å². The molecule has 0 bridgehead atoms. The molecule has 0 saturated carbocycles. The summed E-state index contributed by atoms with van der Waals surface area (Å²) in [6.07, 6.45) is 0.281. The van der Waals surface area contributed by atoms with Crippen LogP contribution in [0.2, 0.25) is 0 Å². The Balaban J connectivity index is 1.80. The summed E-state index contributed by atoms with van der Waals surface area (Å²) in [5.41, 5.74) is 6.55. The first-order valence-electron chi connectivity index (χ1n) is 7.57. The fourth-order valence-corrected chi connectivity index (χ4v) is 3.45. The van der Waals surface area contributed by atoms with Gasteiger partial charge in [0.1, 0.15) is 35.8 Å². The molecule has 2 aromatic rings. The maximum absolute atomic E-state index is 9.80. The number of aliphatic hydroxyl groups excluding tert-OH is 1. The zero-order valence-electron chi connectivity index (χ0n) is 13.3. The van der Waals surface area contributed by atoms with Crippen LogP contribution in [0.5, 0.6) is 0 Å². The number of rotatable bonds is 2. The maximum Gasteiger partial charge on any atom is 0.164 e. The summed E-state index contributed by atoms with van der Waals surface area (Å²) in [6.45, 7) is 5.38. The Labute approximate surface area is 133 Å². The molecule has 0 amide bonds. The first-order chi connectivity index (χ1) is 10.8. The van der Waals surface area contributed by atoms with Gasteiger partial charge in [0.15, 0.2) is 11.6 Å². The summed E-state index contributed by atoms with van der Waals surface area (Å²) < 4.78 is 19.8. The molecule has 0 aliphatic carbocycles. The number of aromatic nitrogens is 3. The van der Waals surface area contributed by atoms with E-state index < -0.39 is 17.5 Å². The van der Waals surface area contributed by atoms with E-state index >= 15 is 0 Å². The third kappa shape index (κ3) is 2.06. The molecule has 2 aliphatic heterocycles. The molecule has 124 valence electrons. The van der Waals surface area contributed by atoms with Gasteiger partial charge in [-0.15, -0.1) is 0 Å². The number of aliphatic hydroxyl groups is 1. The van der Waals surface area contributed by atoms with E-state index in [1.165, 1.54) is 6.33 Å². The summed E-state index contributed by atoms with van der Waals surface area (Å²) in [6, 6.07) is 3.73. The Morgan fingerprint density at radius 3 is 2.78 bits per heavy atom. The molecule has 2 aromatic heterocycles. The van der Waals surface area contributed by atoms with Gasteiger partial charge < -0.3 is 25.1 Å². The molecule has 0 unspecified atom stereocenters. The van der Waals surface area contributed by atoms with Crippen molar-refractivity contribution in [3.63, 3.8) is 0 Å². The van der Waals surface area contributed by atoms with E-state index in [1.54, 1.807) is 4.52 Å². The van der Waals surface area contributed by atoms with E-state index in [4.69, 9.17) is 19.9 Å². The van der Waals surface area contributed by atoms with Crippen LogP contribution in [0.3, 0.4) is 0 Å². The fourth-order valence-electron chi connectivity index (χ4n) is 3.45. The molecule has 23 heavy (non-hydrogen) atoms. The number of anilines is 1. The Bertz CT molecular complexity index is 761. The number of hydrogen-bond donors (Lipinski definition) is 2. The highest BCUT2D eigenvalue weighted by Gasteiger charge is 2.61. The van der Waals surface area contributed by atoms with Crippen molar-refractivity contribution in [1.29, 1.82) is 0 Å². The highest BCUT2D eigenvalue weighted by molar-refractivity contribution is 5.65. The van der Waals surface area contributed by atoms with E-state index in [0.717, 1.165) is 5.69 Å². The van der Waals surface area contributed by atoms with Crippen LogP contribution in [-0.2, 0) is 14.2 Å². The molecule has 4 heterocycles. The molecule has 8 heteroatoms. The lowest BCUT2D eigenvalue weighted by Crippen LogP contribution is -2.43. The molecule has 0 radical (unpaired) electrons. The normalized spacial score (nSPS) is 35.7. The lowest BCUT2D eigenvalue weighted by atomic mass is 9.97. The predicted molar refractivity (Wildman–Crippen MR) is 80.5 cm³/mol. The van der Waals surface area contributed by atoms with Crippen molar-refractivity contribution in [2.45, 2.75) is 50.5 Å². The minimum atomic E-state index is -0.841. The Morgan fingerprint density at radius 1 is 1.26 bits per heavy atom. The van der Waals surface area contributed by atoms with Crippen molar-refractivity contribution in [1.82, 2.24) is 14.6 Å². The van der Waals surface area contributed by atoms with Crippen molar-refractivity contribution >= 4 is 11.3 Å². The van der Waals surface area contributed by atoms with Crippen molar-refractivity contribution in [2.75, 3.05) is 12.3 Å². The second kappa shape index (κ2) is 4.64. The lowest BCUT2D eigenvalue weighted by molar-refractivity contribution is -0.213. The molecule has 2 aliphatic rings. The van der Waals surface area contributed by atoms with Crippen LogP contribution in [0, 0.1) is 0 Å². The smallest absolute Gasteiger partial charge is 0.164 e. The maximum atomic E-state index is 9.80. The van der Waals surface area contributed by atoms with Crippen LogP contribution in [0.4, 0.5) is 5.82 Å². The quantitative estimate of drug-likeness (QED) is 0.837. The Hall–Kier alpha value is -1.74. The number of ether oxygens (including phenoxy) is 3. The first-order valence-corrected chi connectivity index (χ1v) is 7.57. The van der Waals surface area contributed by atoms with Crippen LogP contribution in [0.15, 0.2) is 18.5 Å². The molecule has 4 rings (SSSR count). The number of fused-ring (bicyclic) bond motifs is 2. The average Bonchev–Trinajstić information content (AvgIpc) is 3.12. The molecular formula is C15H20N4O4. The highest BCUT2D eigenvalue weighted by Crippen LogP contribution is 2.49. The predicted octanol–water partition coefficient (Wildman–Crippen LogP) is 0.654. The van der Waals surface area contributed by atoms with Gasteiger partial charge in [-0.2, -0.15) is 5.10 Å². The van der Waals surface area contributed by atoms with Crippen molar-refractivity contribution < 1.29 is 19.3 Å². The van der Waals surface area contributed by atoms with Gasteiger partial charge in [-0.05, 0) is 32.9 Å². The van der Waals surface area contributed by atoms with E-state index in [0.29, 0.717) is 11.3 Å². The fraction of sp³-hybridized carbons (Fsp3) is 0.600. The zero-order chi connectivity index (χ0) is 16.4. The minimum absolute atomic E-state index is 0.162. The van der Waals surface area contributed by atoms with Gasteiger partial charge in [0, 0.05) is 0 Å². The third-order valence-corrected chi connectivity index (χ3v) is 4.54. The van der Waals surface area contributed by atoms with Crippen molar-refractivity contribution in [3.8, 4) is 0 Å². The minimum Gasteiger partial charge on any atom is -0.393 e.